The second-order valence-electron chi connectivity index (χ2n) is 4.49. The van der Waals surface area contributed by atoms with E-state index in [0.29, 0.717) is 11.3 Å². The average molecular weight is 349 g/mol. The molecule has 0 aromatic heterocycles. The molecule has 0 aliphatic carbocycles. The van der Waals surface area contributed by atoms with Crippen LogP contribution in [-0.2, 0) is 6.61 Å². The van der Waals surface area contributed by atoms with E-state index in [-0.39, 0.29) is 18.0 Å². The van der Waals surface area contributed by atoms with E-state index in [1.54, 1.807) is 30.3 Å². The van der Waals surface area contributed by atoms with Crippen LogP contribution in [-0.4, -0.2) is 16.9 Å². The molecular weight excluding hydrogens is 336 g/mol. The van der Waals surface area contributed by atoms with Crippen molar-refractivity contribution in [1.29, 1.82) is 0 Å². The zero-order chi connectivity index (χ0) is 15.4. The van der Waals surface area contributed by atoms with Gasteiger partial charge in [-0.05, 0) is 42.8 Å². The van der Waals surface area contributed by atoms with Gasteiger partial charge < -0.3 is 9.84 Å². The maximum absolute atomic E-state index is 11.6. The number of rotatable bonds is 5. The highest BCUT2D eigenvalue weighted by Gasteiger charge is 2.09. The molecule has 2 aromatic rings. The Kier molecular flexibility index (Phi) is 4.75. The van der Waals surface area contributed by atoms with E-state index in [2.05, 4.69) is 15.9 Å². The van der Waals surface area contributed by atoms with Crippen molar-refractivity contribution in [3.63, 3.8) is 0 Å². The number of carbonyl (C=O) groups excluding carboxylic acids is 1. The van der Waals surface area contributed by atoms with E-state index in [1.165, 1.54) is 19.1 Å². The molecule has 0 aliphatic heterocycles. The Labute approximate surface area is 130 Å². The van der Waals surface area contributed by atoms with Crippen LogP contribution in [0.25, 0.3) is 0 Å². The van der Waals surface area contributed by atoms with Gasteiger partial charge in [0, 0.05) is 4.47 Å². The summed E-state index contributed by atoms with van der Waals surface area (Å²) in [6, 6.07) is 11.7. The van der Waals surface area contributed by atoms with Gasteiger partial charge in [0.15, 0.2) is 5.78 Å². The Morgan fingerprint density at radius 1 is 1.14 bits per heavy atom. The Balaban J connectivity index is 2.13. The van der Waals surface area contributed by atoms with Gasteiger partial charge in [-0.2, -0.15) is 0 Å². The number of ketones is 1. The summed E-state index contributed by atoms with van der Waals surface area (Å²) in [5.74, 6) is -0.533. The first-order chi connectivity index (χ1) is 9.97. The van der Waals surface area contributed by atoms with E-state index in [9.17, 15) is 9.59 Å². The summed E-state index contributed by atoms with van der Waals surface area (Å²) in [4.78, 5) is 22.4. The topological polar surface area (TPSA) is 63.6 Å². The van der Waals surface area contributed by atoms with Crippen LogP contribution in [0.5, 0.6) is 5.75 Å². The number of carboxylic acids is 1. The first-order valence-electron chi connectivity index (χ1n) is 6.23. The van der Waals surface area contributed by atoms with Crippen molar-refractivity contribution in [2.75, 3.05) is 0 Å². The normalized spacial score (nSPS) is 10.2. The number of halogens is 1. The van der Waals surface area contributed by atoms with Crippen molar-refractivity contribution in [3.05, 3.63) is 63.6 Å². The van der Waals surface area contributed by atoms with Gasteiger partial charge in [0.25, 0.3) is 0 Å². The molecule has 21 heavy (non-hydrogen) atoms. The predicted octanol–water partition coefficient (Wildman–Crippen LogP) is 3.93. The SMILES string of the molecule is CC(=O)c1cc(Br)ccc1OCc1ccc(C(=O)O)cc1. The summed E-state index contributed by atoms with van der Waals surface area (Å²) in [5.41, 5.74) is 1.57. The van der Waals surface area contributed by atoms with Gasteiger partial charge in [0.05, 0.1) is 11.1 Å². The summed E-state index contributed by atoms with van der Waals surface area (Å²) in [5, 5.41) is 8.83. The standard InChI is InChI=1S/C16H13BrO4/c1-10(18)14-8-13(17)6-7-15(14)21-9-11-2-4-12(5-3-11)16(19)20/h2-8H,9H2,1H3,(H,19,20). The van der Waals surface area contributed by atoms with E-state index in [0.717, 1.165) is 10.0 Å². The van der Waals surface area contributed by atoms with Crippen molar-refractivity contribution < 1.29 is 19.4 Å². The molecule has 0 atom stereocenters. The van der Waals surface area contributed by atoms with Crippen molar-refractivity contribution >= 4 is 27.7 Å². The molecule has 0 fully saturated rings. The number of carbonyl (C=O) groups is 2. The van der Waals surface area contributed by atoms with E-state index in [4.69, 9.17) is 9.84 Å². The van der Waals surface area contributed by atoms with Crippen LogP contribution in [0.1, 0.15) is 33.2 Å². The van der Waals surface area contributed by atoms with Crippen LogP contribution < -0.4 is 4.74 Å². The lowest BCUT2D eigenvalue weighted by atomic mass is 10.1. The zero-order valence-electron chi connectivity index (χ0n) is 11.3. The summed E-state index contributed by atoms with van der Waals surface area (Å²) in [7, 11) is 0. The van der Waals surface area contributed by atoms with E-state index >= 15 is 0 Å². The molecule has 0 amide bonds. The van der Waals surface area contributed by atoms with Gasteiger partial charge in [-0.15, -0.1) is 0 Å². The molecule has 0 bridgehead atoms. The lowest BCUT2D eigenvalue weighted by Gasteiger charge is -2.10. The molecule has 0 unspecified atom stereocenters. The maximum atomic E-state index is 11.6. The highest BCUT2D eigenvalue weighted by molar-refractivity contribution is 9.10. The highest BCUT2D eigenvalue weighted by Crippen LogP contribution is 2.24. The molecular formula is C16H13BrO4. The Morgan fingerprint density at radius 3 is 2.38 bits per heavy atom. The number of aromatic carboxylic acids is 1. The Morgan fingerprint density at radius 2 is 1.81 bits per heavy atom. The molecule has 2 rings (SSSR count). The highest BCUT2D eigenvalue weighted by atomic mass is 79.9. The molecule has 108 valence electrons. The van der Waals surface area contributed by atoms with E-state index < -0.39 is 5.97 Å². The monoisotopic (exact) mass is 348 g/mol. The van der Waals surface area contributed by atoms with Crippen molar-refractivity contribution in [2.45, 2.75) is 13.5 Å². The Bertz CT molecular complexity index is 677. The molecule has 0 saturated heterocycles. The third kappa shape index (κ3) is 3.92. The largest absolute Gasteiger partial charge is 0.488 e. The lowest BCUT2D eigenvalue weighted by Crippen LogP contribution is -2.02. The number of hydrogen-bond acceptors (Lipinski definition) is 3. The smallest absolute Gasteiger partial charge is 0.335 e. The van der Waals surface area contributed by atoms with Crippen LogP contribution in [0.3, 0.4) is 0 Å². The fourth-order valence-electron chi connectivity index (χ4n) is 1.81. The lowest BCUT2D eigenvalue weighted by molar-refractivity contribution is 0.0696. The molecule has 2 aromatic carbocycles. The maximum Gasteiger partial charge on any atom is 0.335 e. The fraction of sp³-hybridized carbons (Fsp3) is 0.125. The van der Waals surface area contributed by atoms with Gasteiger partial charge in [0.2, 0.25) is 0 Å². The van der Waals surface area contributed by atoms with Gasteiger partial charge in [0.1, 0.15) is 12.4 Å². The molecule has 0 radical (unpaired) electrons. The zero-order valence-corrected chi connectivity index (χ0v) is 12.9. The van der Waals surface area contributed by atoms with Crippen LogP contribution in [0.15, 0.2) is 46.9 Å². The second-order valence-corrected chi connectivity index (χ2v) is 5.40. The first kappa shape index (κ1) is 15.3. The number of benzene rings is 2. The molecule has 0 spiro atoms. The predicted molar refractivity (Wildman–Crippen MR) is 81.9 cm³/mol. The molecule has 0 aliphatic rings. The number of carboxylic acid groups (broad SMARTS) is 1. The van der Waals surface area contributed by atoms with Gasteiger partial charge in [-0.1, -0.05) is 28.1 Å². The summed E-state index contributed by atoms with van der Waals surface area (Å²) >= 11 is 3.32. The third-order valence-corrected chi connectivity index (χ3v) is 3.41. The number of Topliss-reactive ketones (excluding diaryl/α,β-unsaturated/α-hetero) is 1. The first-order valence-corrected chi connectivity index (χ1v) is 7.02. The van der Waals surface area contributed by atoms with Gasteiger partial charge in [-0.25, -0.2) is 4.79 Å². The summed E-state index contributed by atoms with van der Waals surface area (Å²) in [6.45, 7) is 1.75. The third-order valence-electron chi connectivity index (χ3n) is 2.92. The minimum atomic E-state index is -0.964. The minimum absolute atomic E-state index is 0.0764. The molecule has 1 N–H and O–H groups in total. The van der Waals surface area contributed by atoms with Crippen LogP contribution >= 0.6 is 15.9 Å². The van der Waals surface area contributed by atoms with Crippen LogP contribution in [0.4, 0.5) is 0 Å². The van der Waals surface area contributed by atoms with Crippen LogP contribution in [0, 0.1) is 0 Å². The number of ether oxygens (including phenoxy) is 1. The van der Waals surface area contributed by atoms with Gasteiger partial charge >= 0.3 is 5.97 Å². The minimum Gasteiger partial charge on any atom is -0.488 e. The Hall–Kier alpha value is -2.14. The van der Waals surface area contributed by atoms with Crippen molar-refractivity contribution in [3.8, 4) is 5.75 Å². The second kappa shape index (κ2) is 6.54. The summed E-state index contributed by atoms with van der Waals surface area (Å²) in [6.07, 6.45) is 0. The molecule has 0 saturated carbocycles. The van der Waals surface area contributed by atoms with E-state index in [1.807, 2.05) is 0 Å². The molecule has 5 heteroatoms. The van der Waals surface area contributed by atoms with Crippen molar-refractivity contribution in [1.82, 2.24) is 0 Å². The quantitative estimate of drug-likeness (QED) is 0.831. The van der Waals surface area contributed by atoms with Gasteiger partial charge in [-0.3, -0.25) is 4.79 Å². The van der Waals surface area contributed by atoms with Crippen molar-refractivity contribution in [2.24, 2.45) is 0 Å². The fourth-order valence-corrected chi connectivity index (χ4v) is 2.17. The molecule has 0 heterocycles. The average Bonchev–Trinajstić information content (AvgIpc) is 2.46. The summed E-state index contributed by atoms with van der Waals surface area (Å²) < 4.78 is 6.46. The molecule has 4 nitrogen and oxygen atoms in total. The van der Waals surface area contributed by atoms with Crippen LogP contribution in [0.2, 0.25) is 0 Å². The number of hydrogen-bond donors (Lipinski definition) is 1.